The summed E-state index contributed by atoms with van der Waals surface area (Å²) in [6, 6.07) is 4.20. The van der Waals surface area contributed by atoms with E-state index in [2.05, 4.69) is 15.9 Å². The Morgan fingerprint density at radius 3 is 2.47 bits per heavy atom. The Kier molecular flexibility index (Phi) is 4.55. The van der Waals surface area contributed by atoms with Crippen LogP contribution in [-0.4, -0.2) is 4.83 Å². The number of hydrogen-bond acceptors (Lipinski definition) is 0. The minimum absolute atomic E-state index is 0.382. The van der Waals surface area contributed by atoms with Gasteiger partial charge in [0.1, 0.15) is 0 Å². The van der Waals surface area contributed by atoms with E-state index in [0.29, 0.717) is 10.7 Å². The van der Waals surface area contributed by atoms with E-state index in [1.54, 1.807) is 6.07 Å². The fraction of sp³-hybridized carbons (Fsp3) is 0.571. The molecule has 1 atom stereocenters. The maximum atomic E-state index is 13.1. The molecule has 1 aliphatic rings. The summed E-state index contributed by atoms with van der Waals surface area (Å²) in [6.45, 7) is 0. The summed E-state index contributed by atoms with van der Waals surface area (Å²) in [5, 5.41) is 0. The van der Waals surface area contributed by atoms with Crippen LogP contribution in [0.25, 0.3) is 0 Å². The first-order valence-corrected chi connectivity index (χ1v) is 7.16. The molecule has 0 heterocycles. The van der Waals surface area contributed by atoms with Crippen LogP contribution in [0.15, 0.2) is 18.2 Å². The van der Waals surface area contributed by atoms with Gasteiger partial charge in [-0.1, -0.05) is 41.3 Å². The Hall–Kier alpha value is -0.440. The van der Waals surface area contributed by atoms with Crippen molar-refractivity contribution in [3.63, 3.8) is 0 Å². The molecular weight excluding hydrogens is 286 g/mol. The Morgan fingerprint density at radius 2 is 1.82 bits per heavy atom. The molecule has 1 saturated carbocycles. The third-order valence-corrected chi connectivity index (χ3v) is 4.65. The fourth-order valence-corrected chi connectivity index (χ4v) is 3.46. The average molecular weight is 303 g/mol. The standard InChI is InChI=1S/C14H17BrF2/c15-12(11-4-2-1-3-5-11)8-10-6-7-13(16)14(17)9-10/h6-7,9,11-12H,1-5,8H2. The summed E-state index contributed by atoms with van der Waals surface area (Å²) < 4.78 is 25.9. The van der Waals surface area contributed by atoms with E-state index < -0.39 is 11.6 Å². The molecule has 1 aliphatic carbocycles. The maximum absolute atomic E-state index is 13.1. The van der Waals surface area contributed by atoms with Gasteiger partial charge in [0, 0.05) is 4.83 Å². The minimum atomic E-state index is -0.766. The predicted octanol–water partition coefficient (Wildman–Crippen LogP) is 4.85. The highest BCUT2D eigenvalue weighted by molar-refractivity contribution is 9.09. The largest absolute Gasteiger partial charge is 0.204 e. The van der Waals surface area contributed by atoms with Crippen LogP contribution < -0.4 is 0 Å². The number of hydrogen-bond donors (Lipinski definition) is 0. The zero-order valence-electron chi connectivity index (χ0n) is 9.76. The summed E-state index contributed by atoms with van der Waals surface area (Å²) in [5.41, 5.74) is 0.872. The molecule has 0 saturated heterocycles. The smallest absolute Gasteiger partial charge is 0.159 e. The van der Waals surface area contributed by atoms with Crippen molar-refractivity contribution in [2.24, 2.45) is 5.92 Å². The normalized spacial score (nSPS) is 19.2. The van der Waals surface area contributed by atoms with Crippen LogP contribution in [0.4, 0.5) is 8.78 Å². The van der Waals surface area contributed by atoms with Crippen molar-refractivity contribution in [2.75, 3.05) is 0 Å². The van der Waals surface area contributed by atoms with E-state index in [-0.39, 0.29) is 0 Å². The molecule has 0 radical (unpaired) electrons. The monoisotopic (exact) mass is 302 g/mol. The predicted molar refractivity (Wildman–Crippen MR) is 69.4 cm³/mol. The van der Waals surface area contributed by atoms with Crippen LogP contribution in [-0.2, 0) is 6.42 Å². The van der Waals surface area contributed by atoms with E-state index in [0.717, 1.165) is 12.0 Å². The molecule has 1 aromatic carbocycles. The molecule has 0 nitrogen and oxygen atoms in total. The van der Waals surface area contributed by atoms with Crippen LogP contribution in [0, 0.1) is 17.6 Å². The summed E-state index contributed by atoms with van der Waals surface area (Å²) in [7, 11) is 0. The van der Waals surface area contributed by atoms with Gasteiger partial charge in [0.2, 0.25) is 0 Å². The van der Waals surface area contributed by atoms with Crippen LogP contribution in [0.1, 0.15) is 37.7 Å². The Labute approximate surface area is 110 Å². The number of rotatable bonds is 3. The van der Waals surface area contributed by atoms with Crippen molar-refractivity contribution in [1.29, 1.82) is 0 Å². The second kappa shape index (κ2) is 5.94. The second-order valence-electron chi connectivity index (χ2n) is 4.87. The van der Waals surface area contributed by atoms with E-state index in [1.165, 1.54) is 44.2 Å². The van der Waals surface area contributed by atoms with Gasteiger partial charge in [-0.05, 0) is 42.9 Å². The van der Waals surface area contributed by atoms with E-state index >= 15 is 0 Å². The summed E-state index contributed by atoms with van der Waals surface area (Å²) in [6.07, 6.45) is 7.21. The third-order valence-electron chi connectivity index (χ3n) is 3.58. The first kappa shape index (κ1) is 13.0. The average Bonchev–Trinajstić information content (AvgIpc) is 2.35. The van der Waals surface area contributed by atoms with E-state index in [9.17, 15) is 8.78 Å². The van der Waals surface area contributed by atoms with Crippen molar-refractivity contribution < 1.29 is 8.78 Å². The van der Waals surface area contributed by atoms with Crippen LogP contribution in [0.2, 0.25) is 0 Å². The molecule has 0 N–H and O–H groups in total. The highest BCUT2D eigenvalue weighted by Gasteiger charge is 2.21. The lowest BCUT2D eigenvalue weighted by Crippen LogP contribution is -2.19. The van der Waals surface area contributed by atoms with Gasteiger partial charge in [-0.25, -0.2) is 8.78 Å². The first-order valence-electron chi connectivity index (χ1n) is 6.25. The lowest BCUT2D eigenvalue weighted by Gasteiger charge is -2.26. The van der Waals surface area contributed by atoms with Gasteiger partial charge in [-0.15, -0.1) is 0 Å². The quantitative estimate of drug-likeness (QED) is 0.700. The topological polar surface area (TPSA) is 0 Å². The van der Waals surface area contributed by atoms with E-state index in [1.807, 2.05) is 0 Å². The Bertz CT molecular complexity index is 372. The third kappa shape index (κ3) is 3.51. The molecule has 1 fully saturated rings. The molecule has 1 aromatic rings. The molecular formula is C14H17BrF2. The van der Waals surface area contributed by atoms with Gasteiger partial charge in [-0.3, -0.25) is 0 Å². The molecule has 0 aromatic heterocycles. The lowest BCUT2D eigenvalue weighted by atomic mass is 9.85. The number of benzene rings is 1. The van der Waals surface area contributed by atoms with Crippen molar-refractivity contribution >= 4 is 15.9 Å². The molecule has 17 heavy (non-hydrogen) atoms. The SMILES string of the molecule is Fc1ccc(CC(Br)C2CCCCC2)cc1F. The van der Waals surface area contributed by atoms with Crippen molar-refractivity contribution in [1.82, 2.24) is 0 Å². The first-order chi connectivity index (χ1) is 8.16. The molecule has 0 aliphatic heterocycles. The highest BCUT2D eigenvalue weighted by Crippen LogP contribution is 2.32. The van der Waals surface area contributed by atoms with Crippen molar-refractivity contribution in [3.05, 3.63) is 35.4 Å². The van der Waals surface area contributed by atoms with Gasteiger partial charge < -0.3 is 0 Å². The van der Waals surface area contributed by atoms with Crippen LogP contribution in [0.5, 0.6) is 0 Å². The van der Waals surface area contributed by atoms with E-state index in [4.69, 9.17) is 0 Å². The molecule has 3 heteroatoms. The second-order valence-corrected chi connectivity index (χ2v) is 6.04. The Balaban J connectivity index is 1.96. The molecule has 2 rings (SSSR count). The van der Waals surface area contributed by atoms with Gasteiger partial charge in [0.15, 0.2) is 11.6 Å². The summed E-state index contributed by atoms with van der Waals surface area (Å²) >= 11 is 3.70. The Morgan fingerprint density at radius 1 is 1.12 bits per heavy atom. The molecule has 0 amide bonds. The zero-order valence-corrected chi connectivity index (χ0v) is 11.3. The summed E-state index contributed by atoms with van der Waals surface area (Å²) in [5.74, 6) is -0.833. The maximum Gasteiger partial charge on any atom is 0.159 e. The van der Waals surface area contributed by atoms with Crippen molar-refractivity contribution in [2.45, 2.75) is 43.4 Å². The van der Waals surface area contributed by atoms with Gasteiger partial charge in [0.25, 0.3) is 0 Å². The summed E-state index contributed by atoms with van der Waals surface area (Å²) in [4.78, 5) is 0.382. The molecule has 1 unspecified atom stereocenters. The van der Waals surface area contributed by atoms with Crippen LogP contribution in [0.3, 0.4) is 0 Å². The zero-order chi connectivity index (χ0) is 12.3. The number of alkyl halides is 1. The fourth-order valence-electron chi connectivity index (χ4n) is 2.55. The van der Waals surface area contributed by atoms with Crippen molar-refractivity contribution in [3.8, 4) is 0 Å². The molecule has 0 spiro atoms. The lowest BCUT2D eigenvalue weighted by molar-refractivity contribution is 0.350. The van der Waals surface area contributed by atoms with Gasteiger partial charge >= 0.3 is 0 Å². The van der Waals surface area contributed by atoms with Gasteiger partial charge in [0.05, 0.1) is 0 Å². The highest BCUT2D eigenvalue weighted by atomic mass is 79.9. The molecule has 94 valence electrons. The number of halogens is 3. The van der Waals surface area contributed by atoms with Gasteiger partial charge in [-0.2, -0.15) is 0 Å². The minimum Gasteiger partial charge on any atom is -0.204 e. The van der Waals surface area contributed by atoms with Crippen LogP contribution >= 0.6 is 15.9 Å². The molecule has 0 bridgehead atoms.